The SMILES string of the molecule is CCCC(C)N(C)C(=O)C1CC1C(=O)O. The lowest BCUT2D eigenvalue weighted by Crippen LogP contribution is -2.36. The van der Waals surface area contributed by atoms with Crippen LogP contribution in [0.25, 0.3) is 0 Å². The van der Waals surface area contributed by atoms with Crippen molar-refractivity contribution in [2.45, 2.75) is 39.2 Å². The van der Waals surface area contributed by atoms with Crippen LogP contribution >= 0.6 is 0 Å². The smallest absolute Gasteiger partial charge is 0.307 e. The van der Waals surface area contributed by atoms with Crippen molar-refractivity contribution in [1.29, 1.82) is 0 Å². The van der Waals surface area contributed by atoms with Crippen LogP contribution in [0.3, 0.4) is 0 Å². The van der Waals surface area contributed by atoms with Gasteiger partial charge in [-0.1, -0.05) is 13.3 Å². The Bertz CT molecular complexity index is 265. The zero-order valence-electron chi connectivity index (χ0n) is 9.56. The maximum absolute atomic E-state index is 11.8. The Labute approximate surface area is 90.3 Å². The van der Waals surface area contributed by atoms with E-state index in [1.807, 2.05) is 6.92 Å². The summed E-state index contributed by atoms with van der Waals surface area (Å²) in [5.74, 6) is -1.56. The van der Waals surface area contributed by atoms with Crippen molar-refractivity contribution in [3.63, 3.8) is 0 Å². The molecule has 0 aromatic carbocycles. The highest BCUT2D eigenvalue weighted by atomic mass is 16.4. The molecule has 1 aliphatic carbocycles. The number of amides is 1. The van der Waals surface area contributed by atoms with Gasteiger partial charge < -0.3 is 10.0 Å². The molecule has 0 bridgehead atoms. The van der Waals surface area contributed by atoms with Crippen molar-refractivity contribution in [3.05, 3.63) is 0 Å². The molecule has 86 valence electrons. The summed E-state index contributed by atoms with van der Waals surface area (Å²) in [5.41, 5.74) is 0. The van der Waals surface area contributed by atoms with Gasteiger partial charge in [-0.05, 0) is 19.8 Å². The zero-order valence-corrected chi connectivity index (χ0v) is 9.56. The summed E-state index contributed by atoms with van der Waals surface area (Å²) in [4.78, 5) is 24.1. The lowest BCUT2D eigenvalue weighted by molar-refractivity contribution is -0.142. The third kappa shape index (κ3) is 2.70. The first-order valence-corrected chi connectivity index (χ1v) is 5.48. The number of carbonyl (C=O) groups is 2. The van der Waals surface area contributed by atoms with Crippen LogP contribution in [-0.4, -0.2) is 35.0 Å². The summed E-state index contributed by atoms with van der Waals surface area (Å²) in [6.07, 6.45) is 2.51. The van der Waals surface area contributed by atoms with Gasteiger partial charge in [0, 0.05) is 13.1 Å². The van der Waals surface area contributed by atoms with Gasteiger partial charge in [-0.2, -0.15) is 0 Å². The van der Waals surface area contributed by atoms with Gasteiger partial charge in [-0.3, -0.25) is 9.59 Å². The van der Waals surface area contributed by atoms with Crippen LogP contribution in [0.15, 0.2) is 0 Å². The highest BCUT2D eigenvalue weighted by Crippen LogP contribution is 2.40. The molecule has 0 saturated heterocycles. The molecule has 3 unspecified atom stereocenters. The molecule has 4 nitrogen and oxygen atoms in total. The summed E-state index contributed by atoms with van der Waals surface area (Å²) in [6.45, 7) is 4.07. The molecule has 3 atom stereocenters. The number of carboxylic acid groups (broad SMARTS) is 1. The second-order valence-corrected chi connectivity index (χ2v) is 4.37. The van der Waals surface area contributed by atoms with E-state index in [0.717, 1.165) is 12.8 Å². The Morgan fingerprint density at radius 3 is 2.47 bits per heavy atom. The predicted octanol–water partition coefficient (Wildman–Crippen LogP) is 1.35. The maximum Gasteiger partial charge on any atom is 0.307 e. The van der Waals surface area contributed by atoms with Crippen LogP contribution in [0.5, 0.6) is 0 Å². The third-order valence-electron chi connectivity index (χ3n) is 3.14. The zero-order chi connectivity index (χ0) is 11.6. The molecule has 0 radical (unpaired) electrons. The molecular weight excluding hydrogens is 194 g/mol. The van der Waals surface area contributed by atoms with Gasteiger partial charge in [0.15, 0.2) is 0 Å². The summed E-state index contributed by atoms with van der Waals surface area (Å²) in [6, 6.07) is 0.206. The summed E-state index contributed by atoms with van der Waals surface area (Å²) >= 11 is 0. The van der Waals surface area contributed by atoms with Crippen molar-refractivity contribution in [1.82, 2.24) is 4.90 Å². The minimum atomic E-state index is -0.843. The predicted molar refractivity (Wildman–Crippen MR) is 56.4 cm³/mol. The van der Waals surface area contributed by atoms with Crippen molar-refractivity contribution >= 4 is 11.9 Å². The monoisotopic (exact) mass is 213 g/mol. The molecular formula is C11H19NO3. The fraction of sp³-hybridized carbons (Fsp3) is 0.818. The van der Waals surface area contributed by atoms with Crippen LogP contribution in [0.4, 0.5) is 0 Å². The van der Waals surface area contributed by atoms with Gasteiger partial charge >= 0.3 is 5.97 Å². The Kier molecular flexibility index (Phi) is 3.72. The first-order chi connectivity index (χ1) is 6.99. The Balaban J connectivity index is 2.45. The van der Waals surface area contributed by atoms with E-state index in [9.17, 15) is 9.59 Å². The molecule has 1 aliphatic rings. The first-order valence-electron chi connectivity index (χ1n) is 5.48. The fourth-order valence-corrected chi connectivity index (χ4v) is 1.83. The second-order valence-electron chi connectivity index (χ2n) is 4.37. The van der Waals surface area contributed by atoms with E-state index in [2.05, 4.69) is 6.92 Å². The molecule has 0 aromatic heterocycles. The van der Waals surface area contributed by atoms with Gasteiger partial charge in [-0.15, -0.1) is 0 Å². The van der Waals surface area contributed by atoms with Crippen molar-refractivity contribution in [2.75, 3.05) is 7.05 Å². The molecule has 1 saturated carbocycles. The largest absolute Gasteiger partial charge is 0.481 e. The van der Waals surface area contributed by atoms with Gasteiger partial charge in [0.25, 0.3) is 0 Å². The maximum atomic E-state index is 11.8. The summed E-state index contributed by atoms with van der Waals surface area (Å²) in [5, 5.41) is 8.73. The summed E-state index contributed by atoms with van der Waals surface area (Å²) < 4.78 is 0. The van der Waals surface area contributed by atoms with E-state index < -0.39 is 11.9 Å². The molecule has 1 fully saturated rings. The van der Waals surface area contributed by atoms with Crippen LogP contribution in [-0.2, 0) is 9.59 Å². The average molecular weight is 213 g/mol. The Hall–Kier alpha value is -1.06. The highest BCUT2D eigenvalue weighted by molar-refractivity contribution is 5.89. The molecule has 0 heterocycles. The van der Waals surface area contributed by atoms with Crippen LogP contribution in [0, 0.1) is 11.8 Å². The van der Waals surface area contributed by atoms with Crippen LogP contribution < -0.4 is 0 Å². The lowest BCUT2D eigenvalue weighted by Gasteiger charge is -2.24. The number of rotatable bonds is 5. The number of carboxylic acids is 1. The minimum absolute atomic E-state index is 0.0108. The van der Waals surface area contributed by atoms with Crippen molar-refractivity contribution < 1.29 is 14.7 Å². The molecule has 0 aromatic rings. The molecule has 1 amide bonds. The van der Waals surface area contributed by atoms with Crippen molar-refractivity contribution in [2.24, 2.45) is 11.8 Å². The highest BCUT2D eigenvalue weighted by Gasteiger charge is 2.49. The van der Waals surface area contributed by atoms with E-state index in [1.165, 1.54) is 0 Å². The van der Waals surface area contributed by atoms with Crippen LogP contribution in [0.2, 0.25) is 0 Å². The van der Waals surface area contributed by atoms with E-state index in [1.54, 1.807) is 11.9 Å². The molecule has 15 heavy (non-hydrogen) atoms. The number of hydrogen-bond acceptors (Lipinski definition) is 2. The lowest BCUT2D eigenvalue weighted by atomic mass is 10.1. The number of carbonyl (C=O) groups excluding carboxylic acids is 1. The number of aliphatic carboxylic acids is 1. The third-order valence-corrected chi connectivity index (χ3v) is 3.14. The fourth-order valence-electron chi connectivity index (χ4n) is 1.83. The van der Waals surface area contributed by atoms with Gasteiger partial charge in [0.05, 0.1) is 11.8 Å². The van der Waals surface area contributed by atoms with E-state index in [4.69, 9.17) is 5.11 Å². The molecule has 1 rings (SSSR count). The second kappa shape index (κ2) is 4.64. The standard InChI is InChI=1S/C11H19NO3/c1-4-5-7(2)12(3)10(13)8-6-9(8)11(14)15/h7-9H,4-6H2,1-3H3,(H,14,15). The quantitative estimate of drug-likeness (QED) is 0.750. The molecule has 0 aliphatic heterocycles. The normalized spacial score (nSPS) is 25.8. The minimum Gasteiger partial charge on any atom is -0.481 e. The Morgan fingerprint density at radius 1 is 1.47 bits per heavy atom. The van der Waals surface area contributed by atoms with E-state index in [0.29, 0.717) is 6.42 Å². The molecule has 1 N–H and O–H groups in total. The van der Waals surface area contributed by atoms with Gasteiger partial charge in [0.2, 0.25) is 5.91 Å². The van der Waals surface area contributed by atoms with Crippen molar-refractivity contribution in [3.8, 4) is 0 Å². The number of hydrogen-bond donors (Lipinski definition) is 1. The van der Waals surface area contributed by atoms with Crippen LogP contribution in [0.1, 0.15) is 33.1 Å². The summed E-state index contributed by atoms with van der Waals surface area (Å²) in [7, 11) is 1.76. The molecule has 4 heteroatoms. The number of nitrogens with zero attached hydrogens (tertiary/aromatic N) is 1. The first kappa shape index (κ1) is 12.0. The van der Waals surface area contributed by atoms with Gasteiger partial charge in [0.1, 0.15) is 0 Å². The topological polar surface area (TPSA) is 57.6 Å². The molecule has 0 spiro atoms. The average Bonchev–Trinajstić information content (AvgIpc) is 2.95. The van der Waals surface area contributed by atoms with E-state index >= 15 is 0 Å². The Morgan fingerprint density at radius 2 is 2.07 bits per heavy atom. The van der Waals surface area contributed by atoms with Gasteiger partial charge in [-0.25, -0.2) is 0 Å². The van der Waals surface area contributed by atoms with E-state index in [-0.39, 0.29) is 17.9 Å².